The number of esters is 1. The lowest BCUT2D eigenvalue weighted by Gasteiger charge is -2.29. The van der Waals surface area contributed by atoms with Crippen molar-refractivity contribution in [2.45, 2.75) is 33.2 Å². The number of nitrogens with one attached hydrogen (secondary N) is 1. The molecule has 4 nitrogen and oxygen atoms in total. The molecule has 1 heterocycles. The Labute approximate surface area is 106 Å². The Balaban J connectivity index is 2.64. The average molecular weight is 256 g/mol. The fourth-order valence-corrected chi connectivity index (χ4v) is 2.14. The van der Waals surface area contributed by atoms with Gasteiger partial charge in [0.2, 0.25) is 0 Å². The highest BCUT2D eigenvalue weighted by Crippen LogP contribution is 2.24. The van der Waals surface area contributed by atoms with Crippen molar-refractivity contribution in [1.29, 1.82) is 0 Å². The number of carbonyl (C=O) groups is 1. The molecule has 0 fully saturated rings. The SMILES string of the molecule is COC(=O)C(C)(C)CNC(C)(C)c1nccs1. The highest BCUT2D eigenvalue weighted by Gasteiger charge is 2.32. The number of rotatable bonds is 5. The van der Waals surface area contributed by atoms with Crippen LogP contribution in [-0.4, -0.2) is 24.6 Å². The van der Waals surface area contributed by atoms with Gasteiger partial charge in [0.1, 0.15) is 5.01 Å². The number of hydrogen-bond acceptors (Lipinski definition) is 5. The molecule has 0 bridgehead atoms. The lowest BCUT2D eigenvalue weighted by Crippen LogP contribution is -2.45. The van der Waals surface area contributed by atoms with Gasteiger partial charge in [0.25, 0.3) is 0 Å². The van der Waals surface area contributed by atoms with Gasteiger partial charge in [-0.3, -0.25) is 4.79 Å². The van der Waals surface area contributed by atoms with Crippen LogP contribution in [0.3, 0.4) is 0 Å². The Kier molecular flexibility index (Phi) is 4.27. The Morgan fingerprint density at radius 3 is 2.59 bits per heavy atom. The van der Waals surface area contributed by atoms with E-state index in [0.717, 1.165) is 5.01 Å². The first-order valence-corrected chi connectivity index (χ1v) is 6.41. The summed E-state index contributed by atoms with van der Waals surface area (Å²) >= 11 is 1.60. The summed E-state index contributed by atoms with van der Waals surface area (Å²) in [6.45, 7) is 8.39. The van der Waals surface area contributed by atoms with Crippen LogP contribution in [0.4, 0.5) is 0 Å². The van der Waals surface area contributed by atoms with Gasteiger partial charge in [-0.25, -0.2) is 4.98 Å². The minimum Gasteiger partial charge on any atom is -0.469 e. The first-order valence-electron chi connectivity index (χ1n) is 5.53. The monoisotopic (exact) mass is 256 g/mol. The summed E-state index contributed by atoms with van der Waals surface area (Å²) in [5, 5.41) is 6.32. The van der Waals surface area contributed by atoms with Gasteiger partial charge in [0.15, 0.2) is 0 Å². The Morgan fingerprint density at radius 2 is 2.12 bits per heavy atom. The van der Waals surface area contributed by atoms with Crippen LogP contribution < -0.4 is 5.32 Å². The van der Waals surface area contributed by atoms with Crippen molar-refractivity contribution in [3.8, 4) is 0 Å². The molecular weight excluding hydrogens is 236 g/mol. The molecule has 0 spiro atoms. The number of thiazole rings is 1. The minimum atomic E-state index is -0.538. The fraction of sp³-hybridized carbons (Fsp3) is 0.667. The lowest BCUT2D eigenvalue weighted by molar-refractivity contribution is -0.150. The third kappa shape index (κ3) is 3.51. The van der Waals surface area contributed by atoms with Crippen LogP contribution >= 0.6 is 11.3 Å². The Hall–Kier alpha value is -0.940. The molecule has 0 aliphatic carbocycles. The average Bonchev–Trinajstić information content (AvgIpc) is 2.79. The van der Waals surface area contributed by atoms with Crippen molar-refractivity contribution in [3.05, 3.63) is 16.6 Å². The zero-order valence-corrected chi connectivity index (χ0v) is 11.9. The Bertz CT molecular complexity index is 372. The Morgan fingerprint density at radius 1 is 1.47 bits per heavy atom. The lowest BCUT2D eigenvalue weighted by atomic mass is 9.92. The van der Waals surface area contributed by atoms with Crippen molar-refractivity contribution < 1.29 is 9.53 Å². The van der Waals surface area contributed by atoms with Gasteiger partial charge in [0, 0.05) is 18.1 Å². The van der Waals surface area contributed by atoms with E-state index >= 15 is 0 Å². The van der Waals surface area contributed by atoms with Gasteiger partial charge in [-0.15, -0.1) is 11.3 Å². The smallest absolute Gasteiger partial charge is 0.312 e. The molecule has 0 saturated heterocycles. The fourth-order valence-electron chi connectivity index (χ4n) is 1.40. The molecule has 0 aromatic carbocycles. The maximum Gasteiger partial charge on any atom is 0.312 e. The molecule has 0 saturated carbocycles. The summed E-state index contributed by atoms with van der Waals surface area (Å²) in [5.41, 5.74) is -0.775. The highest BCUT2D eigenvalue weighted by atomic mass is 32.1. The quantitative estimate of drug-likeness (QED) is 0.820. The normalized spacial score (nSPS) is 12.5. The van der Waals surface area contributed by atoms with Gasteiger partial charge in [0.05, 0.1) is 18.1 Å². The van der Waals surface area contributed by atoms with E-state index < -0.39 is 5.41 Å². The molecule has 0 aliphatic rings. The van der Waals surface area contributed by atoms with Gasteiger partial charge in [-0.2, -0.15) is 0 Å². The summed E-state index contributed by atoms with van der Waals surface area (Å²) in [7, 11) is 1.41. The first kappa shape index (κ1) is 14.1. The maximum atomic E-state index is 11.6. The molecule has 0 aliphatic heterocycles. The van der Waals surface area contributed by atoms with Gasteiger partial charge in [-0.1, -0.05) is 0 Å². The van der Waals surface area contributed by atoms with Crippen molar-refractivity contribution in [1.82, 2.24) is 10.3 Å². The van der Waals surface area contributed by atoms with E-state index in [1.165, 1.54) is 7.11 Å². The van der Waals surface area contributed by atoms with E-state index in [9.17, 15) is 4.79 Å². The number of hydrogen-bond donors (Lipinski definition) is 1. The van der Waals surface area contributed by atoms with Gasteiger partial charge >= 0.3 is 5.97 Å². The molecule has 0 atom stereocenters. The van der Waals surface area contributed by atoms with Crippen molar-refractivity contribution in [3.63, 3.8) is 0 Å². The zero-order valence-electron chi connectivity index (χ0n) is 11.0. The van der Waals surface area contributed by atoms with Crippen molar-refractivity contribution in [2.75, 3.05) is 13.7 Å². The summed E-state index contributed by atoms with van der Waals surface area (Å²) in [4.78, 5) is 15.9. The second kappa shape index (κ2) is 5.14. The molecule has 0 amide bonds. The second-order valence-electron chi connectivity index (χ2n) is 5.19. The summed E-state index contributed by atoms with van der Waals surface area (Å²) in [6.07, 6.45) is 1.79. The topological polar surface area (TPSA) is 51.2 Å². The number of ether oxygens (including phenoxy) is 1. The van der Waals surface area contributed by atoms with Crippen LogP contribution in [0.5, 0.6) is 0 Å². The van der Waals surface area contributed by atoms with Gasteiger partial charge in [-0.05, 0) is 27.7 Å². The number of aromatic nitrogens is 1. The number of methoxy groups -OCH3 is 1. The molecular formula is C12H20N2O2S. The molecule has 0 radical (unpaired) electrons. The van der Waals surface area contributed by atoms with E-state index in [1.807, 2.05) is 19.2 Å². The number of nitrogens with zero attached hydrogens (tertiary/aromatic N) is 1. The van der Waals surface area contributed by atoms with Crippen molar-refractivity contribution in [2.24, 2.45) is 5.41 Å². The van der Waals surface area contributed by atoms with E-state index in [2.05, 4.69) is 24.1 Å². The third-order valence-electron chi connectivity index (χ3n) is 2.68. The second-order valence-corrected chi connectivity index (χ2v) is 6.09. The van der Waals surface area contributed by atoms with Crippen LogP contribution in [0.2, 0.25) is 0 Å². The molecule has 0 unspecified atom stereocenters. The molecule has 1 N–H and O–H groups in total. The van der Waals surface area contributed by atoms with Crippen LogP contribution in [-0.2, 0) is 15.1 Å². The molecule has 17 heavy (non-hydrogen) atoms. The predicted octanol–water partition coefficient (Wildman–Crippen LogP) is 2.17. The van der Waals surface area contributed by atoms with E-state index in [1.54, 1.807) is 17.5 Å². The molecule has 1 aromatic heterocycles. The zero-order chi connectivity index (χ0) is 13.1. The van der Waals surface area contributed by atoms with E-state index in [0.29, 0.717) is 6.54 Å². The standard InChI is InChI=1S/C12H20N2O2S/c1-11(2,10(15)16-5)8-14-12(3,4)9-13-6-7-17-9/h6-7,14H,8H2,1-5H3. The van der Waals surface area contributed by atoms with Crippen molar-refractivity contribution >= 4 is 17.3 Å². The molecule has 1 rings (SSSR count). The predicted molar refractivity (Wildman–Crippen MR) is 68.9 cm³/mol. The van der Waals surface area contributed by atoms with E-state index in [4.69, 9.17) is 4.74 Å². The van der Waals surface area contributed by atoms with Crippen LogP contribution in [0, 0.1) is 5.41 Å². The molecule has 96 valence electrons. The van der Waals surface area contributed by atoms with Crippen LogP contribution in [0.25, 0.3) is 0 Å². The van der Waals surface area contributed by atoms with Crippen LogP contribution in [0.1, 0.15) is 32.7 Å². The highest BCUT2D eigenvalue weighted by molar-refractivity contribution is 7.09. The summed E-state index contributed by atoms with van der Waals surface area (Å²) in [6, 6.07) is 0. The largest absolute Gasteiger partial charge is 0.469 e. The molecule has 1 aromatic rings. The van der Waals surface area contributed by atoms with Gasteiger partial charge < -0.3 is 10.1 Å². The summed E-state index contributed by atoms with van der Waals surface area (Å²) in [5.74, 6) is -0.208. The minimum absolute atomic E-state index is 0.208. The maximum absolute atomic E-state index is 11.6. The molecule has 5 heteroatoms. The summed E-state index contributed by atoms with van der Waals surface area (Å²) < 4.78 is 4.78. The first-order chi connectivity index (χ1) is 7.79. The third-order valence-corrected chi connectivity index (χ3v) is 3.77. The number of carbonyl (C=O) groups excluding carboxylic acids is 1. The van der Waals surface area contributed by atoms with Crippen LogP contribution in [0.15, 0.2) is 11.6 Å². The van der Waals surface area contributed by atoms with E-state index in [-0.39, 0.29) is 11.5 Å².